The van der Waals surface area contributed by atoms with Gasteiger partial charge in [-0.3, -0.25) is 9.59 Å². The molecule has 3 aliphatic carbocycles. The molecule has 0 aliphatic heterocycles. The van der Waals surface area contributed by atoms with E-state index in [9.17, 15) is 14.0 Å². The Morgan fingerprint density at radius 3 is 2.79 bits per heavy atom. The number of carbonyl (C=O) groups is 2. The zero-order valence-corrected chi connectivity index (χ0v) is 14.2. The molecule has 0 bridgehead atoms. The van der Waals surface area contributed by atoms with Crippen molar-refractivity contribution in [3.05, 3.63) is 29.1 Å². The standard InChI is InChI=1S/C20H23FO3/c1-11(22)24-18-9-12-3-4-14-13(15(12)10-17(18)21)7-8-20(2)16(14)5-6-19(20)23/h9-10,13-14,16H,3-8H2,1-2H3/t13-,14+,16-,20-/m0/s1. The van der Waals surface area contributed by atoms with Gasteiger partial charge in [0.15, 0.2) is 11.6 Å². The van der Waals surface area contributed by atoms with E-state index in [2.05, 4.69) is 6.92 Å². The van der Waals surface area contributed by atoms with Crippen molar-refractivity contribution in [1.29, 1.82) is 0 Å². The number of Topliss-reactive ketones (excluding diaryl/α,β-unsaturated/α-hetero) is 1. The van der Waals surface area contributed by atoms with Crippen LogP contribution < -0.4 is 4.74 Å². The lowest BCUT2D eigenvalue weighted by Crippen LogP contribution is -2.42. The van der Waals surface area contributed by atoms with Crippen LogP contribution in [0.5, 0.6) is 5.75 Å². The van der Waals surface area contributed by atoms with Gasteiger partial charge in [0.1, 0.15) is 5.78 Å². The highest BCUT2D eigenvalue weighted by Gasteiger charge is 2.54. The van der Waals surface area contributed by atoms with Crippen molar-refractivity contribution in [2.45, 2.75) is 58.3 Å². The summed E-state index contributed by atoms with van der Waals surface area (Å²) in [7, 11) is 0. The third-order valence-electron chi connectivity index (χ3n) is 6.74. The number of carbonyl (C=O) groups excluding carboxylic acids is 2. The molecule has 0 N–H and O–H groups in total. The molecule has 1 aromatic rings. The van der Waals surface area contributed by atoms with Crippen molar-refractivity contribution in [3.63, 3.8) is 0 Å². The smallest absolute Gasteiger partial charge is 0.308 e. The number of ketones is 1. The molecule has 3 aliphatic rings. The number of hydrogen-bond donors (Lipinski definition) is 0. The van der Waals surface area contributed by atoms with Crippen LogP contribution in [0.2, 0.25) is 0 Å². The van der Waals surface area contributed by atoms with E-state index in [4.69, 9.17) is 4.74 Å². The van der Waals surface area contributed by atoms with E-state index in [0.717, 1.165) is 43.2 Å². The minimum absolute atomic E-state index is 0.0383. The molecular formula is C20H23FO3. The maximum Gasteiger partial charge on any atom is 0.308 e. The van der Waals surface area contributed by atoms with Gasteiger partial charge in [-0.15, -0.1) is 0 Å². The molecule has 0 saturated heterocycles. The van der Waals surface area contributed by atoms with Gasteiger partial charge in [-0.1, -0.05) is 6.92 Å². The Bertz CT molecular complexity index is 726. The number of fused-ring (bicyclic) bond motifs is 5. The second kappa shape index (κ2) is 5.40. The second-order valence-electron chi connectivity index (χ2n) is 7.91. The molecule has 128 valence electrons. The molecular weight excluding hydrogens is 307 g/mol. The zero-order valence-electron chi connectivity index (χ0n) is 14.2. The number of aryl methyl sites for hydroxylation is 1. The first-order chi connectivity index (χ1) is 11.4. The summed E-state index contributed by atoms with van der Waals surface area (Å²) in [4.78, 5) is 23.5. The lowest BCUT2D eigenvalue weighted by atomic mass is 9.55. The van der Waals surface area contributed by atoms with Gasteiger partial charge in [-0.2, -0.15) is 0 Å². The van der Waals surface area contributed by atoms with E-state index in [1.807, 2.05) is 0 Å². The normalized spacial score (nSPS) is 34.3. The number of halogens is 1. The summed E-state index contributed by atoms with van der Waals surface area (Å²) < 4.78 is 19.4. The van der Waals surface area contributed by atoms with Crippen molar-refractivity contribution < 1.29 is 18.7 Å². The largest absolute Gasteiger partial charge is 0.424 e. The van der Waals surface area contributed by atoms with Crippen LogP contribution in [-0.4, -0.2) is 11.8 Å². The third kappa shape index (κ3) is 2.22. The first-order valence-corrected chi connectivity index (χ1v) is 8.94. The quantitative estimate of drug-likeness (QED) is 0.573. The Balaban J connectivity index is 1.69. The van der Waals surface area contributed by atoms with Crippen LogP contribution in [0.1, 0.15) is 63.0 Å². The van der Waals surface area contributed by atoms with Crippen LogP contribution in [0.15, 0.2) is 12.1 Å². The van der Waals surface area contributed by atoms with E-state index >= 15 is 0 Å². The van der Waals surface area contributed by atoms with E-state index < -0.39 is 11.8 Å². The molecule has 0 amide bonds. The van der Waals surface area contributed by atoms with Crippen LogP contribution in [0.4, 0.5) is 4.39 Å². The highest BCUT2D eigenvalue weighted by molar-refractivity contribution is 5.87. The second-order valence-corrected chi connectivity index (χ2v) is 7.91. The Labute approximate surface area is 141 Å². The summed E-state index contributed by atoms with van der Waals surface area (Å²) in [5.74, 6) is 0.749. The van der Waals surface area contributed by atoms with Gasteiger partial charge in [0.05, 0.1) is 0 Å². The van der Waals surface area contributed by atoms with Gasteiger partial charge >= 0.3 is 5.97 Å². The van der Waals surface area contributed by atoms with E-state index in [1.54, 1.807) is 12.1 Å². The molecule has 2 fully saturated rings. The molecule has 2 saturated carbocycles. The van der Waals surface area contributed by atoms with Gasteiger partial charge in [-0.05, 0) is 73.1 Å². The van der Waals surface area contributed by atoms with Gasteiger partial charge in [0.2, 0.25) is 0 Å². The van der Waals surface area contributed by atoms with Gasteiger partial charge in [-0.25, -0.2) is 4.39 Å². The predicted octanol–water partition coefficient (Wildman–Crippen LogP) is 4.18. The van der Waals surface area contributed by atoms with E-state index in [-0.39, 0.29) is 11.2 Å². The molecule has 0 spiro atoms. The van der Waals surface area contributed by atoms with Crippen molar-refractivity contribution in [2.24, 2.45) is 17.3 Å². The molecule has 0 radical (unpaired) electrons. The molecule has 24 heavy (non-hydrogen) atoms. The molecule has 0 unspecified atom stereocenters. The van der Waals surface area contributed by atoms with Crippen molar-refractivity contribution in [1.82, 2.24) is 0 Å². The van der Waals surface area contributed by atoms with E-state index in [0.29, 0.717) is 30.0 Å². The summed E-state index contributed by atoms with van der Waals surface area (Å²) in [6, 6.07) is 3.28. The summed E-state index contributed by atoms with van der Waals surface area (Å²) in [6.07, 6.45) is 5.45. The first-order valence-electron chi connectivity index (χ1n) is 8.94. The fourth-order valence-corrected chi connectivity index (χ4v) is 5.58. The lowest BCUT2D eigenvalue weighted by molar-refractivity contribution is -0.132. The maximum atomic E-state index is 14.4. The molecule has 4 heteroatoms. The molecule has 4 atom stereocenters. The molecule has 4 rings (SSSR count). The fourth-order valence-electron chi connectivity index (χ4n) is 5.58. The summed E-state index contributed by atoms with van der Waals surface area (Å²) >= 11 is 0. The molecule has 0 heterocycles. The molecule has 0 aromatic heterocycles. The van der Waals surface area contributed by atoms with Gasteiger partial charge in [0.25, 0.3) is 0 Å². The van der Waals surface area contributed by atoms with Crippen molar-refractivity contribution in [3.8, 4) is 5.75 Å². The SMILES string of the molecule is CC(=O)Oc1cc2c(cc1F)[C@H]1CC[C@]3(C)C(=O)CC[C@H]3[C@@H]1CC2. The Hall–Kier alpha value is -1.71. The first kappa shape index (κ1) is 15.8. The van der Waals surface area contributed by atoms with Crippen molar-refractivity contribution >= 4 is 11.8 Å². The molecule has 3 nitrogen and oxygen atoms in total. The van der Waals surface area contributed by atoms with Gasteiger partial charge in [0, 0.05) is 18.8 Å². The number of rotatable bonds is 1. The number of hydrogen-bond acceptors (Lipinski definition) is 3. The maximum absolute atomic E-state index is 14.4. The number of benzene rings is 1. The van der Waals surface area contributed by atoms with E-state index in [1.165, 1.54) is 6.92 Å². The number of ether oxygens (including phenoxy) is 1. The number of esters is 1. The average molecular weight is 330 g/mol. The minimum Gasteiger partial charge on any atom is -0.424 e. The third-order valence-corrected chi connectivity index (χ3v) is 6.74. The highest BCUT2D eigenvalue weighted by Crippen LogP contribution is 2.59. The summed E-state index contributed by atoms with van der Waals surface area (Å²) in [5, 5.41) is 0. The topological polar surface area (TPSA) is 43.4 Å². The van der Waals surface area contributed by atoms with Crippen LogP contribution in [-0.2, 0) is 16.0 Å². The van der Waals surface area contributed by atoms with Crippen LogP contribution >= 0.6 is 0 Å². The van der Waals surface area contributed by atoms with Crippen LogP contribution in [0, 0.1) is 23.1 Å². The lowest BCUT2D eigenvalue weighted by Gasteiger charge is -2.48. The summed E-state index contributed by atoms with van der Waals surface area (Å²) in [5.41, 5.74) is 2.01. The Kier molecular flexibility index (Phi) is 3.55. The highest BCUT2D eigenvalue weighted by atomic mass is 19.1. The fraction of sp³-hybridized carbons (Fsp3) is 0.600. The zero-order chi connectivity index (χ0) is 17.1. The summed E-state index contributed by atoms with van der Waals surface area (Å²) in [6.45, 7) is 3.43. The predicted molar refractivity (Wildman–Crippen MR) is 87.3 cm³/mol. The molecule has 1 aromatic carbocycles. The van der Waals surface area contributed by atoms with Crippen LogP contribution in [0.25, 0.3) is 0 Å². The minimum atomic E-state index is -0.500. The van der Waals surface area contributed by atoms with Crippen LogP contribution in [0.3, 0.4) is 0 Å². The average Bonchev–Trinajstić information content (AvgIpc) is 2.83. The Morgan fingerprint density at radius 1 is 1.25 bits per heavy atom. The Morgan fingerprint density at radius 2 is 2.04 bits per heavy atom. The van der Waals surface area contributed by atoms with Crippen molar-refractivity contribution in [2.75, 3.05) is 0 Å². The van der Waals surface area contributed by atoms with Gasteiger partial charge < -0.3 is 4.74 Å². The monoisotopic (exact) mass is 330 g/mol.